The number of benzene rings is 3. The van der Waals surface area contributed by atoms with Crippen molar-refractivity contribution < 1.29 is 18.4 Å². The van der Waals surface area contributed by atoms with Gasteiger partial charge in [-0.3, -0.25) is 9.59 Å². The number of carbonyl (C=O) groups excluding carboxylic acids is 2. The van der Waals surface area contributed by atoms with Crippen LogP contribution in [0.2, 0.25) is 5.02 Å². The molecule has 0 heterocycles. The minimum absolute atomic E-state index is 0.0697. The summed E-state index contributed by atoms with van der Waals surface area (Å²) in [7, 11) is 0. The van der Waals surface area contributed by atoms with E-state index in [2.05, 4.69) is 10.6 Å². The Morgan fingerprint density at radius 3 is 2.30 bits per heavy atom. The maximum absolute atomic E-state index is 14.0. The maximum atomic E-state index is 14.0. The van der Waals surface area contributed by atoms with E-state index in [9.17, 15) is 18.4 Å². The highest BCUT2D eigenvalue weighted by molar-refractivity contribution is 6.34. The van der Waals surface area contributed by atoms with Crippen LogP contribution in [0.25, 0.3) is 0 Å². The molecule has 30 heavy (non-hydrogen) atoms. The number of carbonyl (C=O) groups is 2. The second-order valence-electron chi connectivity index (χ2n) is 7.09. The molecular formula is C23H17ClF2N2O2. The number of nitrogens with one attached hydrogen (secondary N) is 2. The molecule has 0 aliphatic heterocycles. The van der Waals surface area contributed by atoms with Gasteiger partial charge in [-0.1, -0.05) is 35.9 Å². The van der Waals surface area contributed by atoms with E-state index in [0.29, 0.717) is 17.7 Å². The summed E-state index contributed by atoms with van der Waals surface area (Å²) in [5.74, 6) is -3.15. The lowest BCUT2D eigenvalue weighted by molar-refractivity contribution is -0.117. The molecule has 1 aliphatic rings. The first-order chi connectivity index (χ1) is 14.4. The minimum atomic E-state index is -0.659. The van der Waals surface area contributed by atoms with Crippen molar-refractivity contribution in [1.29, 1.82) is 0 Å². The fraction of sp³-hybridized carbons (Fsp3) is 0.130. The second-order valence-corrected chi connectivity index (χ2v) is 7.50. The van der Waals surface area contributed by atoms with Gasteiger partial charge >= 0.3 is 0 Å². The largest absolute Gasteiger partial charge is 0.324 e. The molecule has 2 N–H and O–H groups in total. The van der Waals surface area contributed by atoms with Crippen LogP contribution in [-0.2, 0) is 4.79 Å². The Hall–Kier alpha value is -3.25. The molecule has 1 saturated carbocycles. The monoisotopic (exact) mass is 426 g/mol. The van der Waals surface area contributed by atoms with Gasteiger partial charge < -0.3 is 10.6 Å². The van der Waals surface area contributed by atoms with E-state index in [4.69, 9.17) is 11.6 Å². The normalized spacial score (nSPS) is 17.3. The maximum Gasteiger partial charge on any atom is 0.255 e. The van der Waals surface area contributed by atoms with Gasteiger partial charge in [0.25, 0.3) is 5.91 Å². The molecule has 1 aliphatic carbocycles. The van der Waals surface area contributed by atoms with Crippen LogP contribution in [0.5, 0.6) is 0 Å². The topological polar surface area (TPSA) is 58.2 Å². The highest BCUT2D eigenvalue weighted by Crippen LogP contribution is 2.49. The van der Waals surface area contributed by atoms with Gasteiger partial charge in [-0.15, -0.1) is 0 Å². The molecule has 0 radical (unpaired) electrons. The van der Waals surface area contributed by atoms with Crippen molar-refractivity contribution >= 4 is 34.8 Å². The molecule has 4 nitrogen and oxygen atoms in total. The van der Waals surface area contributed by atoms with Gasteiger partial charge in [0.2, 0.25) is 5.91 Å². The van der Waals surface area contributed by atoms with Crippen LogP contribution in [-0.4, -0.2) is 11.8 Å². The van der Waals surface area contributed by atoms with E-state index in [1.807, 2.05) is 6.07 Å². The van der Waals surface area contributed by atoms with Gasteiger partial charge in [-0.05, 0) is 48.9 Å². The fourth-order valence-corrected chi connectivity index (χ4v) is 3.55. The highest BCUT2D eigenvalue weighted by atomic mass is 35.5. The highest BCUT2D eigenvalue weighted by Gasteiger charge is 2.46. The molecule has 0 spiro atoms. The van der Waals surface area contributed by atoms with Crippen LogP contribution in [0, 0.1) is 17.6 Å². The van der Waals surface area contributed by atoms with Gasteiger partial charge in [0.15, 0.2) is 0 Å². The quantitative estimate of drug-likeness (QED) is 0.557. The van der Waals surface area contributed by atoms with E-state index in [1.165, 1.54) is 30.3 Å². The Morgan fingerprint density at radius 1 is 0.900 bits per heavy atom. The van der Waals surface area contributed by atoms with Gasteiger partial charge in [-0.25, -0.2) is 8.78 Å². The Bertz CT molecular complexity index is 1100. The van der Waals surface area contributed by atoms with Gasteiger partial charge in [-0.2, -0.15) is 0 Å². The lowest BCUT2D eigenvalue weighted by Gasteiger charge is -2.10. The number of amides is 2. The average molecular weight is 427 g/mol. The van der Waals surface area contributed by atoms with E-state index < -0.39 is 29.4 Å². The van der Waals surface area contributed by atoms with Crippen molar-refractivity contribution in [3.8, 4) is 0 Å². The van der Waals surface area contributed by atoms with Crippen molar-refractivity contribution in [2.45, 2.75) is 12.3 Å². The predicted molar refractivity (Wildman–Crippen MR) is 112 cm³/mol. The molecule has 3 aromatic carbocycles. The first-order valence-electron chi connectivity index (χ1n) is 9.35. The summed E-state index contributed by atoms with van der Waals surface area (Å²) in [6.45, 7) is 0. The number of hydrogen-bond donors (Lipinski definition) is 2. The van der Waals surface area contributed by atoms with Crippen molar-refractivity contribution in [3.63, 3.8) is 0 Å². The molecule has 152 valence electrons. The smallest absolute Gasteiger partial charge is 0.255 e. The van der Waals surface area contributed by atoms with Crippen LogP contribution >= 0.6 is 11.6 Å². The Kier molecular flexibility index (Phi) is 5.50. The summed E-state index contributed by atoms with van der Waals surface area (Å²) >= 11 is 6.17. The zero-order chi connectivity index (χ0) is 21.3. The van der Waals surface area contributed by atoms with Crippen LogP contribution in [0.15, 0.2) is 66.7 Å². The van der Waals surface area contributed by atoms with Crippen LogP contribution in [0.4, 0.5) is 20.2 Å². The van der Waals surface area contributed by atoms with Crippen molar-refractivity contribution in [2.24, 2.45) is 5.92 Å². The molecule has 2 unspecified atom stereocenters. The summed E-state index contributed by atoms with van der Waals surface area (Å²) in [5.41, 5.74) is 1.14. The molecular weight excluding hydrogens is 410 g/mol. The van der Waals surface area contributed by atoms with Gasteiger partial charge in [0.1, 0.15) is 11.6 Å². The van der Waals surface area contributed by atoms with Crippen molar-refractivity contribution in [2.75, 3.05) is 10.6 Å². The molecule has 0 aromatic heterocycles. The third kappa shape index (κ3) is 4.19. The van der Waals surface area contributed by atoms with E-state index in [-0.39, 0.29) is 22.2 Å². The van der Waals surface area contributed by atoms with E-state index in [0.717, 1.165) is 0 Å². The zero-order valence-electron chi connectivity index (χ0n) is 15.7. The molecule has 1 fully saturated rings. The number of halogens is 3. The fourth-order valence-electron chi connectivity index (χ4n) is 3.38. The molecule has 2 amide bonds. The van der Waals surface area contributed by atoms with Gasteiger partial charge in [0.05, 0.1) is 10.7 Å². The molecule has 0 bridgehead atoms. The first kappa shape index (κ1) is 20.0. The lowest BCUT2D eigenvalue weighted by Crippen LogP contribution is -2.17. The number of anilines is 2. The summed E-state index contributed by atoms with van der Waals surface area (Å²) in [6.07, 6.45) is 0.343. The Morgan fingerprint density at radius 2 is 1.60 bits per heavy atom. The second kappa shape index (κ2) is 8.24. The molecule has 2 atom stereocenters. The summed E-state index contributed by atoms with van der Waals surface area (Å²) in [4.78, 5) is 25.1. The molecule has 0 saturated heterocycles. The average Bonchev–Trinajstić information content (AvgIpc) is 3.51. The molecule has 7 heteroatoms. The standard InChI is InChI=1S/C23H17ClF2N2O2/c24-17-10-9-13(22(29)27-14-5-2-1-3-6-14)11-20(17)28-23(30)16-12-15(16)21-18(25)7-4-8-19(21)26/h1-11,15-16H,12H2,(H,27,29)(H,28,30). The third-order valence-electron chi connectivity index (χ3n) is 5.02. The number of para-hydroxylation sites is 1. The van der Waals surface area contributed by atoms with E-state index in [1.54, 1.807) is 30.3 Å². The van der Waals surface area contributed by atoms with Gasteiger partial charge in [0, 0.05) is 28.7 Å². The van der Waals surface area contributed by atoms with Crippen LogP contribution < -0.4 is 10.6 Å². The summed E-state index contributed by atoms with van der Waals surface area (Å²) in [6, 6.07) is 17.1. The lowest BCUT2D eigenvalue weighted by atomic mass is 10.1. The van der Waals surface area contributed by atoms with Crippen molar-refractivity contribution in [1.82, 2.24) is 0 Å². The Balaban J connectivity index is 1.46. The Labute approximate surface area is 176 Å². The predicted octanol–water partition coefficient (Wildman–Crippen LogP) is 5.61. The summed E-state index contributed by atoms with van der Waals surface area (Å²) in [5, 5.41) is 5.69. The third-order valence-corrected chi connectivity index (χ3v) is 5.35. The molecule has 3 aromatic rings. The number of hydrogen-bond acceptors (Lipinski definition) is 2. The van der Waals surface area contributed by atoms with Crippen LogP contribution in [0.3, 0.4) is 0 Å². The van der Waals surface area contributed by atoms with E-state index >= 15 is 0 Å². The number of rotatable bonds is 5. The SMILES string of the molecule is O=C(Nc1ccccc1)c1ccc(Cl)c(NC(=O)C2CC2c2c(F)cccc2F)c1. The van der Waals surface area contributed by atoms with Crippen molar-refractivity contribution in [3.05, 3.63) is 94.5 Å². The minimum Gasteiger partial charge on any atom is -0.324 e. The van der Waals surface area contributed by atoms with Crippen LogP contribution in [0.1, 0.15) is 28.3 Å². The zero-order valence-corrected chi connectivity index (χ0v) is 16.4. The summed E-state index contributed by atoms with van der Waals surface area (Å²) < 4.78 is 27.9. The molecule has 4 rings (SSSR count). The first-order valence-corrected chi connectivity index (χ1v) is 9.72.